The molecular weight excluding hydrogens is 431 g/mol. The Hall–Kier alpha value is -3.88. The number of fused-ring (bicyclic) bond motifs is 2. The molecule has 0 radical (unpaired) electrons. The number of nitrogens with zero attached hydrogens (tertiary/aromatic N) is 4. The number of aromatic nitrogens is 3. The number of rotatable bonds is 4. The van der Waals surface area contributed by atoms with Crippen LogP contribution in [0.25, 0.3) is 10.9 Å². The molecule has 33 heavy (non-hydrogen) atoms. The minimum Gasteiger partial charge on any atom is -0.496 e. The van der Waals surface area contributed by atoms with Gasteiger partial charge in [0.25, 0.3) is 0 Å². The van der Waals surface area contributed by atoms with Gasteiger partial charge in [0.05, 0.1) is 18.7 Å². The highest BCUT2D eigenvalue weighted by Gasteiger charge is 2.37. The molecule has 5 rings (SSSR count). The number of pyridine rings is 1. The van der Waals surface area contributed by atoms with Gasteiger partial charge in [0.2, 0.25) is 5.95 Å². The molecule has 0 saturated carbocycles. The van der Waals surface area contributed by atoms with Crippen LogP contribution in [-0.4, -0.2) is 22.1 Å². The number of halogens is 3. The van der Waals surface area contributed by atoms with Gasteiger partial charge >= 0.3 is 6.18 Å². The number of hydrogen-bond donors (Lipinski definition) is 1. The number of ether oxygens (including phenoxy) is 1. The van der Waals surface area contributed by atoms with Crippen LogP contribution in [-0.2, 0) is 12.6 Å². The summed E-state index contributed by atoms with van der Waals surface area (Å²) in [5.41, 5.74) is 8.11. The highest BCUT2D eigenvalue weighted by molar-refractivity contribution is 5.84. The van der Waals surface area contributed by atoms with E-state index in [0.29, 0.717) is 29.2 Å². The first-order valence-corrected chi connectivity index (χ1v) is 10.4. The largest absolute Gasteiger partial charge is 0.496 e. The Balaban J connectivity index is 1.71. The molecule has 1 unspecified atom stereocenters. The van der Waals surface area contributed by atoms with Crippen molar-refractivity contribution in [1.29, 1.82) is 0 Å². The number of nitrogens with two attached hydrogens (primary N) is 1. The molecule has 2 aromatic carbocycles. The van der Waals surface area contributed by atoms with E-state index >= 15 is 0 Å². The zero-order valence-electron chi connectivity index (χ0n) is 17.7. The van der Waals surface area contributed by atoms with E-state index < -0.39 is 11.9 Å². The van der Waals surface area contributed by atoms with Crippen LogP contribution >= 0.6 is 0 Å². The first-order chi connectivity index (χ1) is 15.8. The molecule has 0 spiro atoms. The second-order valence-corrected chi connectivity index (χ2v) is 7.82. The summed E-state index contributed by atoms with van der Waals surface area (Å²) < 4.78 is 46.0. The molecular formula is C24H20F3N5O. The van der Waals surface area contributed by atoms with Crippen molar-refractivity contribution in [1.82, 2.24) is 15.0 Å². The summed E-state index contributed by atoms with van der Waals surface area (Å²) >= 11 is 0. The van der Waals surface area contributed by atoms with Crippen molar-refractivity contribution in [3.8, 4) is 5.75 Å². The van der Waals surface area contributed by atoms with E-state index in [1.54, 1.807) is 36.3 Å². The lowest BCUT2D eigenvalue weighted by Crippen LogP contribution is -2.26. The normalized spacial score (nSPS) is 15.5. The SMILES string of the molecule is COc1cccc2c1C(N(c1ccc3cc(N)ccc3n1)c1nccc(C(F)(F)F)n1)CC2. The van der Waals surface area contributed by atoms with Gasteiger partial charge in [-0.15, -0.1) is 0 Å². The lowest BCUT2D eigenvalue weighted by atomic mass is 10.1. The summed E-state index contributed by atoms with van der Waals surface area (Å²) in [6.45, 7) is 0. The fourth-order valence-electron chi connectivity index (χ4n) is 4.35. The summed E-state index contributed by atoms with van der Waals surface area (Å²) in [7, 11) is 1.58. The van der Waals surface area contributed by atoms with E-state index in [1.807, 2.05) is 24.3 Å². The maximum atomic E-state index is 13.5. The molecule has 2 heterocycles. The van der Waals surface area contributed by atoms with Crippen LogP contribution in [0.5, 0.6) is 5.75 Å². The molecule has 2 aromatic heterocycles. The Morgan fingerprint density at radius 2 is 1.91 bits per heavy atom. The third kappa shape index (κ3) is 3.79. The summed E-state index contributed by atoms with van der Waals surface area (Å²) in [6.07, 6.45) is -2.07. The van der Waals surface area contributed by atoms with Crippen molar-refractivity contribution in [2.75, 3.05) is 17.7 Å². The van der Waals surface area contributed by atoms with Gasteiger partial charge in [-0.25, -0.2) is 15.0 Å². The van der Waals surface area contributed by atoms with E-state index in [4.69, 9.17) is 15.5 Å². The van der Waals surface area contributed by atoms with Crippen molar-refractivity contribution >= 4 is 28.4 Å². The smallest absolute Gasteiger partial charge is 0.433 e. The molecule has 1 aliphatic rings. The van der Waals surface area contributed by atoms with Crippen molar-refractivity contribution in [2.24, 2.45) is 0 Å². The van der Waals surface area contributed by atoms with Gasteiger partial charge in [-0.2, -0.15) is 13.2 Å². The third-order valence-corrected chi connectivity index (χ3v) is 5.80. The standard InChI is InChI=1S/C24H20F3N5O/c1-33-19-4-2-3-14-5-9-18(22(14)19)32(23-29-12-11-20(31-23)24(25,26)27)21-10-6-15-13-16(28)7-8-17(15)30-21/h2-4,6-8,10-13,18H,5,9,28H2,1H3. The minimum atomic E-state index is -4.59. The number of anilines is 3. The summed E-state index contributed by atoms with van der Waals surface area (Å²) in [4.78, 5) is 14.5. The van der Waals surface area contributed by atoms with E-state index in [-0.39, 0.29) is 12.0 Å². The van der Waals surface area contributed by atoms with Gasteiger partial charge in [-0.05, 0) is 60.9 Å². The van der Waals surface area contributed by atoms with Crippen LogP contribution in [0.2, 0.25) is 0 Å². The van der Waals surface area contributed by atoms with Crippen molar-refractivity contribution in [2.45, 2.75) is 25.1 Å². The topological polar surface area (TPSA) is 77.2 Å². The van der Waals surface area contributed by atoms with Crippen LogP contribution in [0, 0.1) is 0 Å². The molecule has 0 amide bonds. The summed E-state index contributed by atoms with van der Waals surface area (Å²) in [6, 6.07) is 15.2. The molecule has 0 saturated heterocycles. The molecule has 2 N–H and O–H groups in total. The van der Waals surface area contributed by atoms with E-state index in [2.05, 4.69) is 9.97 Å². The second kappa shape index (κ2) is 7.91. The van der Waals surface area contributed by atoms with Crippen molar-refractivity contribution in [3.63, 3.8) is 0 Å². The van der Waals surface area contributed by atoms with E-state index in [0.717, 1.165) is 35.2 Å². The number of benzene rings is 2. The molecule has 168 valence electrons. The van der Waals surface area contributed by atoms with Crippen LogP contribution in [0.3, 0.4) is 0 Å². The van der Waals surface area contributed by atoms with Gasteiger partial charge in [0.1, 0.15) is 17.3 Å². The Bertz CT molecular complexity index is 1340. The number of alkyl halides is 3. The van der Waals surface area contributed by atoms with Crippen molar-refractivity contribution in [3.05, 3.63) is 77.6 Å². The Labute approximate surface area is 187 Å². The zero-order valence-corrected chi connectivity index (χ0v) is 17.7. The van der Waals surface area contributed by atoms with Gasteiger partial charge in [-0.3, -0.25) is 4.90 Å². The van der Waals surface area contributed by atoms with Crippen molar-refractivity contribution < 1.29 is 17.9 Å². The zero-order chi connectivity index (χ0) is 23.2. The lowest BCUT2D eigenvalue weighted by Gasteiger charge is -2.30. The number of aryl methyl sites for hydroxylation is 1. The first-order valence-electron chi connectivity index (χ1n) is 10.4. The maximum absolute atomic E-state index is 13.5. The van der Waals surface area contributed by atoms with Gasteiger partial charge in [0.15, 0.2) is 0 Å². The minimum absolute atomic E-state index is 0.0733. The van der Waals surface area contributed by atoms with E-state index in [1.165, 1.54) is 0 Å². The fourth-order valence-corrected chi connectivity index (χ4v) is 4.35. The first kappa shape index (κ1) is 21.0. The van der Waals surface area contributed by atoms with Crippen LogP contribution in [0.4, 0.5) is 30.6 Å². The molecule has 9 heteroatoms. The molecule has 0 fully saturated rings. The third-order valence-electron chi connectivity index (χ3n) is 5.80. The number of methoxy groups -OCH3 is 1. The highest BCUT2D eigenvalue weighted by Crippen LogP contribution is 2.45. The predicted octanol–water partition coefficient (Wildman–Crippen LogP) is 5.46. The van der Waals surface area contributed by atoms with Gasteiger partial charge in [-0.1, -0.05) is 12.1 Å². The number of nitrogen functional groups attached to an aromatic ring is 1. The predicted molar refractivity (Wildman–Crippen MR) is 119 cm³/mol. The highest BCUT2D eigenvalue weighted by atomic mass is 19.4. The molecule has 4 aromatic rings. The quantitative estimate of drug-likeness (QED) is 0.415. The Kier molecular flexibility index (Phi) is 5.03. The van der Waals surface area contributed by atoms with Gasteiger partial charge < -0.3 is 10.5 Å². The second-order valence-electron chi connectivity index (χ2n) is 7.82. The maximum Gasteiger partial charge on any atom is 0.433 e. The molecule has 1 atom stereocenters. The average Bonchev–Trinajstić information content (AvgIpc) is 3.23. The average molecular weight is 451 g/mol. The molecule has 6 nitrogen and oxygen atoms in total. The molecule has 0 bridgehead atoms. The molecule has 1 aliphatic carbocycles. The number of hydrogen-bond acceptors (Lipinski definition) is 6. The van der Waals surface area contributed by atoms with E-state index in [9.17, 15) is 13.2 Å². The fraction of sp³-hybridized carbons (Fsp3) is 0.208. The monoisotopic (exact) mass is 451 g/mol. The Morgan fingerprint density at radius 1 is 1.06 bits per heavy atom. The van der Waals surface area contributed by atoms with Gasteiger partial charge in [0, 0.05) is 22.8 Å². The Morgan fingerprint density at radius 3 is 2.70 bits per heavy atom. The van der Waals surface area contributed by atoms with Crippen LogP contribution in [0.1, 0.15) is 29.3 Å². The lowest BCUT2D eigenvalue weighted by molar-refractivity contribution is -0.141. The summed E-state index contributed by atoms with van der Waals surface area (Å²) in [5, 5.41) is 0.827. The van der Waals surface area contributed by atoms with Crippen LogP contribution in [0.15, 0.2) is 60.8 Å². The van der Waals surface area contributed by atoms with Crippen LogP contribution < -0.4 is 15.4 Å². The molecule has 0 aliphatic heterocycles. The summed E-state index contributed by atoms with van der Waals surface area (Å²) in [5.74, 6) is 1.03.